The summed E-state index contributed by atoms with van der Waals surface area (Å²) in [6.45, 7) is 3.16. The lowest BCUT2D eigenvalue weighted by Gasteiger charge is -2.16. The van der Waals surface area contributed by atoms with Crippen molar-refractivity contribution < 1.29 is 19.1 Å². The fraction of sp³-hybridized carbons (Fsp3) is 0.350. The first-order valence-electron chi connectivity index (χ1n) is 8.58. The van der Waals surface area contributed by atoms with Crippen LogP contribution in [0.4, 0.5) is 5.69 Å². The van der Waals surface area contributed by atoms with Crippen LogP contribution in [0.15, 0.2) is 36.4 Å². The average Bonchev–Trinajstić information content (AvgIpc) is 2.68. The number of carbonyl (C=O) groups excluding carboxylic acids is 3. The van der Waals surface area contributed by atoms with E-state index in [1.165, 1.54) is 14.0 Å². The fourth-order valence-corrected chi connectivity index (χ4v) is 3.61. The second kappa shape index (κ2) is 9.41. The maximum absolute atomic E-state index is 12.6. The van der Waals surface area contributed by atoms with Crippen molar-refractivity contribution >= 4 is 45.2 Å². The van der Waals surface area contributed by atoms with Crippen LogP contribution in [0.5, 0.6) is 0 Å². The van der Waals surface area contributed by atoms with Crippen molar-refractivity contribution in [2.45, 2.75) is 25.8 Å². The molecule has 6 nitrogen and oxygen atoms in total. The molecule has 27 heavy (non-hydrogen) atoms. The third kappa shape index (κ3) is 5.47. The van der Waals surface area contributed by atoms with E-state index in [2.05, 4.69) is 21.4 Å². The standard InChI is InChI=1S/C20H24N2O4S/c1-12(20(25)27-11-18(19(24)26-4)22-13(2)23)14-5-6-16-10-17(21-3)8-7-15(16)9-14/h5-10,12,18,21H,11H2,1-4H3,(H,22,23). The van der Waals surface area contributed by atoms with Gasteiger partial charge < -0.3 is 15.4 Å². The number of carbonyl (C=O) groups is 3. The molecule has 0 saturated carbocycles. The number of hydrogen-bond donors (Lipinski definition) is 2. The molecule has 2 aromatic carbocycles. The zero-order valence-electron chi connectivity index (χ0n) is 15.9. The molecule has 0 aliphatic heterocycles. The molecule has 2 unspecified atom stereocenters. The molecule has 2 rings (SSSR count). The van der Waals surface area contributed by atoms with Gasteiger partial charge in [0.05, 0.1) is 13.0 Å². The zero-order valence-corrected chi connectivity index (χ0v) is 16.7. The van der Waals surface area contributed by atoms with E-state index in [1.807, 2.05) is 44.3 Å². The van der Waals surface area contributed by atoms with Crippen molar-refractivity contribution in [3.05, 3.63) is 42.0 Å². The van der Waals surface area contributed by atoms with Gasteiger partial charge in [0.15, 0.2) is 5.12 Å². The smallest absolute Gasteiger partial charge is 0.329 e. The van der Waals surface area contributed by atoms with Gasteiger partial charge in [-0.3, -0.25) is 9.59 Å². The monoisotopic (exact) mass is 388 g/mol. The fourth-order valence-electron chi connectivity index (χ4n) is 2.67. The van der Waals surface area contributed by atoms with Gasteiger partial charge >= 0.3 is 5.97 Å². The molecule has 0 aliphatic carbocycles. The topological polar surface area (TPSA) is 84.5 Å². The Morgan fingerprint density at radius 3 is 2.41 bits per heavy atom. The number of methoxy groups -OCH3 is 1. The van der Waals surface area contributed by atoms with Crippen molar-refractivity contribution in [2.24, 2.45) is 0 Å². The van der Waals surface area contributed by atoms with E-state index in [1.54, 1.807) is 0 Å². The minimum atomic E-state index is -0.842. The molecule has 0 aliphatic rings. The molecule has 7 heteroatoms. The van der Waals surface area contributed by atoms with E-state index in [9.17, 15) is 14.4 Å². The Labute approximate surface area is 163 Å². The summed E-state index contributed by atoms with van der Waals surface area (Å²) in [4.78, 5) is 35.5. The van der Waals surface area contributed by atoms with Gasteiger partial charge in [-0.15, -0.1) is 0 Å². The summed E-state index contributed by atoms with van der Waals surface area (Å²) in [6, 6.07) is 11.1. The highest BCUT2D eigenvalue weighted by Gasteiger charge is 2.24. The summed E-state index contributed by atoms with van der Waals surface area (Å²) in [6.07, 6.45) is 0. The van der Waals surface area contributed by atoms with Gasteiger partial charge in [-0.05, 0) is 28.5 Å². The van der Waals surface area contributed by atoms with Crippen LogP contribution in [0.2, 0.25) is 0 Å². The summed E-state index contributed by atoms with van der Waals surface area (Å²) in [5.74, 6) is -1.11. The molecule has 2 aromatic rings. The number of nitrogens with one attached hydrogen (secondary N) is 2. The number of esters is 1. The van der Waals surface area contributed by atoms with Gasteiger partial charge in [-0.25, -0.2) is 4.79 Å². The molecule has 0 fully saturated rings. The lowest BCUT2D eigenvalue weighted by atomic mass is 9.98. The summed E-state index contributed by atoms with van der Waals surface area (Å²) < 4.78 is 4.67. The molecule has 1 amide bonds. The van der Waals surface area contributed by atoms with Gasteiger partial charge in [0.1, 0.15) is 6.04 Å². The van der Waals surface area contributed by atoms with Crippen LogP contribution >= 0.6 is 11.8 Å². The highest BCUT2D eigenvalue weighted by atomic mass is 32.2. The number of fused-ring (bicyclic) bond motifs is 1. The van der Waals surface area contributed by atoms with Crippen LogP contribution in [0.1, 0.15) is 25.3 Å². The Balaban J connectivity index is 2.08. The Kier molecular flexibility index (Phi) is 7.24. The number of hydrogen-bond acceptors (Lipinski definition) is 6. The lowest BCUT2D eigenvalue weighted by molar-refractivity contribution is -0.144. The summed E-state index contributed by atoms with van der Waals surface area (Å²) in [5, 5.41) is 7.69. The first kappa shape index (κ1) is 20.8. The molecule has 0 bridgehead atoms. The number of rotatable bonds is 7. The molecular weight excluding hydrogens is 364 g/mol. The van der Waals surface area contributed by atoms with Crippen LogP contribution in [-0.4, -0.2) is 42.9 Å². The van der Waals surface area contributed by atoms with Crippen LogP contribution < -0.4 is 10.6 Å². The molecule has 2 atom stereocenters. The average molecular weight is 388 g/mol. The highest BCUT2D eigenvalue weighted by molar-refractivity contribution is 8.13. The van der Waals surface area contributed by atoms with Gasteiger partial charge in [-0.1, -0.05) is 43.0 Å². The van der Waals surface area contributed by atoms with Crippen molar-refractivity contribution in [3.8, 4) is 0 Å². The first-order chi connectivity index (χ1) is 12.8. The first-order valence-corrected chi connectivity index (χ1v) is 9.57. The zero-order chi connectivity index (χ0) is 20.0. The van der Waals surface area contributed by atoms with E-state index in [4.69, 9.17) is 0 Å². The molecule has 144 valence electrons. The van der Waals surface area contributed by atoms with Crippen molar-refractivity contribution in [1.82, 2.24) is 5.32 Å². The molecule has 2 N–H and O–H groups in total. The number of anilines is 1. The maximum Gasteiger partial charge on any atom is 0.329 e. The minimum absolute atomic E-state index is 0.0690. The normalized spacial score (nSPS) is 12.9. The third-order valence-corrected chi connectivity index (χ3v) is 5.40. The molecule has 0 radical (unpaired) electrons. The van der Waals surface area contributed by atoms with Crippen molar-refractivity contribution in [1.29, 1.82) is 0 Å². The SMILES string of the molecule is CNc1ccc2cc(C(C)C(=O)SCC(NC(C)=O)C(=O)OC)ccc2c1. The summed E-state index contributed by atoms with van der Waals surface area (Å²) in [5.41, 5.74) is 1.94. The predicted octanol–water partition coefficient (Wildman–Crippen LogP) is 2.92. The predicted molar refractivity (Wildman–Crippen MR) is 109 cm³/mol. The molecular formula is C20H24N2O4S. The number of amides is 1. The van der Waals surface area contributed by atoms with Crippen LogP contribution in [0.3, 0.4) is 0 Å². The Morgan fingerprint density at radius 1 is 1.11 bits per heavy atom. The Hall–Kier alpha value is -2.54. The second-order valence-electron chi connectivity index (χ2n) is 6.20. The molecule has 0 spiro atoms. The van der Waals surface area contributed by atoms with Crippen LogP contribution in [0, 0.1) is 0 Å². The van der Waals surface area contributed by atoms with Gasteiger partial charge in [-0.2, -0.15) is 0 Å². The van der Waals surface area contributed by atoms with E-state index < -0.39 is 12.0 Å². The Morgan fingerprint density at radius 2 is 1.78 bits per heavy atom. The highest BCUT2D eigenvalue weighted by Crippen LogP contribution is 2.27. The van der Waals surface area contributed by atoms with E-state index in [0.29, 0.717) is 0 Å². The number of ether oxygens (including phenoxy) is 1. The number of thioether (sulfide) groups is 1. The molecule has 0 saturated heterocycles. The third-order valence-electron chi connectivity index (χ3n) is 4.26. The van der Waals surface area contributed by atoms with E-state index in [-0.39, 0.29) is 22.7 Å². The van der Waals surface area contributed by atoms with Gasteiger partial charge in [0.2, 0.25) is 5.91 Å². The van der Waals surface area contributed by atoms with Crippen LogP contribution in [0.25, 0.3) is 10.8 Å². The maximum atomic E-state index is 12.6. The lowest BCUT2D eigenvalue weighted by Crippen LogP contribution is -2.42. The van der Waals surface area contributed by atoms with E-state index in [0.717, 1.165) is 33.8 Å². The van der Waals surface area contributed by atoms with Crippen molar-refractivity contribution in [3.63, 3.8) is 0 Å². The van der Waals surface area contributed by atoms with Gasteiger partial charge in [0, 0.05) is 25.4 Å². The Bertz CT molecular complexity index is 853. The second-order valence-corrected chi connectivity index (χ2v) is 7.22. The summed E-state index contributed by atoms with van der Waals surface area (Å²) in [7, 11) is 3.12. The van der Waals surface area contributed by atoms with Crippen LogP contribution in [-0.2, 0) is 19.1 Å². The van der Waals surface area contributed by atoms with E-state index >= 15 is 0 Å². The molecule has 0 heterocycles. The quantitative estimate of drug-likeness (QED) is 0.710. The van der Waals surface area contributed by atoms with Gasteiger partial charge in [0.25, 0.3) is 0 Å². The largest absolute Gasteiger partial charge is 0.467 e. The van der Waals surface area contributed by atoms with Crippen molar-refractivity contribution in [2.75, 3.05) is 25.2 Å². The molecule has 0 aromatic heterocycles. The minimum Gasteiger partial charge on any atom is -0.467 e. The summed E-state index contributed by atoms with van der Waals surface area (Å²) >= 11 is 1.02. The number of benzene rings is 2.